The van der Waals surface area contributed by atoms with Gasteiger partial charge in [0.05, 0.1) is 0 Å². The number of carbonyl (C=O) groups excluding carboxylic acids is 1. The molecule has 0 atom stereocenters. The van der Waals surface area contributed by atoms with E-state index in [-0.39, 0.29) is 22.3 Å². The summed E-state index contributed by atoms with van der Waals surface area (Å²) >= 11 is 0. The molecule has 18 heavy (non-hydrogen) atoms. The third kappa shape index (κ3) is 2.14. The largest absolute Gasteiger partial charge is 0.298 e. The lowest BCUT2D eigenvalue weighted by Gasteiger charge is -2.08. The van der Waals surface area contributed by atoms with E-state index in [0.29, 0.717) is 6.29 Å². The third-order valence-corrected chi connectivity index (χ3v) is 2.68. The predicted octanol–water partition coefficient (Wildman–Crippen LogP) is 3.89. The molecule has 0 aliphatic heterocycles. The molecule has 2 aromatic rings. The van der Waals surface area contributed by atoms with E-state index in [1.807, 2.05) is 0 Å². The minimum absolute atomic E-state index is 0.0277. The number of hydrogen-bond donors (Lipinski definition) is 0. The summed E-state index contributed by atoms with van der Waals surface area (Å²) in [7, 11) is 0. The Morgan fingerprint density at radius 2 is 1.67 bits per heavy atom. The van der Waals surface area contributed by atoms with Crippen LogP contribution in [-0.2, 0) is 0 Å². The van der Waals surface area contributed by atoms with Crippen LogP contribution in [0.3, 0.4) is 0 Å². The molecule has 92 valence electrons. The van der Waals surface area contributed by atoms with E-state index < -0.39 is 17.5 Å². The SMILES string of the molecule is Cc1cc(-c2ccc(F)cc2C=O)c(F)cc1F. The fraction of sp³-hybridized carbons (Fsp3) is 0.0714. The summed E-state index contributed by atoms with van der Waals surface area (Å²) in [6, 6.07) is 5.49. The van der Waals surface area contributed by atoms with Gasteiger partial charge < -0.3 is 0 Å². The van der Waals surface area contributed by atoms with Crippen LogP contribution in [0.1, 0.15) is 15.9 Å². The van der Waals surface area contributed by atoms with Crippen molar-refractivity contribution < 1.29 is 18.0 Å². The highest BCUT2D eigenvalue weighted by atomic mass is 19.1. The molecule has 0 saturated carbocycles. The van der Waals surface area contributed by atoms with Gasteiger partial charge in [0, 0.05) is 17.2 Å². The Balaban J connectivity index is 2.69. The highest BCUT2D eigenvalue weighted by molar-refractivity contribution is 5.87. The van der Waals surface area contributed by atoms with Crippen molar-refractivity contribution in [3.8, 4) is 11.1 Å². The molecule has 0 amide bonds. The van der Waals surface area contributed by atoms with Crippen LogP contribution in [0.15, 0.2) is 30.3 Å². The minimum Gasteiger partial charge on any atom is -0.298 e. The summed E-state index contributed by atoms with van der Waals surface area (Å²) in [5.74, 6) is -2.03. The lowest BCUT2D eigenvalue weighted by molar-refractivity contribution is 0.112. The van der Waals surface area contributed by atoms with Crippen LogP contribution < -0.4 is 0 Å². The number of rotatable bonds is 2. The van der Waals surface area contributed by atoms with E-state index in [0.717, 1.165) is 18.2 Å². The number of hydrogen-bond acceptors (Lipinski definition) is 1. The Morgan fingerprint density at radius 3 is 2.33 bits per heavy atom. The first-order chi connectivity index (χ1) is 8.52. The van der Waals surface area contributed by atoms with Crippen molar-refractivity contribution in [3.05, 3.63) is 58.9 Å². The van der Waals surface area contributed by atoms with Gasteiger partial charge in [-0.25, -0.2) is 13.2 Å². The van der Waals surface area contributed by atoms with Crippen molar-refractivity contribution in [1.82, 2.24) is 0 Å². The lowest BCUT2D eigenvalue weighted by Crippen LogP contribution is -1.95. The van der Waals surface area contributed by atoms with Gasteiger partial charge in [0.15, 0.2) is 6.29 Å². The summed E-state index contributed by atoms with van der Waals surface area (Å²) in [4.78, 5) is 10.9. The van der Waals surface area contributed by atoms with Gasteiger partial charge >= 0.3 is 0 Å². The molecule has 2 rings (SSSR count). The van der Waals surface area contributed by atoms with Gasteiger partial charge in [-0.05, 0) is 36.2 Å². The summed E-state index contributed by atoms with van der Waals surface area (Å²) < 4.78 is 39.8. The fourth-order valence-corrected chi connectivity index (χ4v) is 1.74. The summed E-state index contributed by atoms with van der Waals surface area (Å²) in [5.41, 5.74) is 0.607. The number of benzene rings is 2. The lowest BCUT2D eigenvalue weighted by atomic mass is 9.98. The van der Waals surface area contributed by atoms with Crippen molar-refractivity contribution in [1.29, 1.82) is 0 Å². The van der Waals surface area contributed by atoms with Crippen molar-refractivity contribution in [2.75, 3.05) is 0 Å². The molecule has 1 nitrogen and oxygen atoms in total. The van der Waals surface area contributed by atoms with E-state index >= 15 is 0 Å². The summed E-state index contributed by atoms with van der Waals surface area (Å²) in [5, 5.41) is 0. The Bertz CT molecular complexity index is 621. The molecule has 0 bridgehead atoms. The van der Waals surface area contributed by atoms with Crippen LogP contribution in [0.5, 0.6) is 0 Å². The van der Waals surface area contributed by atoms with Crippen LogP contribution in [0.4, 0.5) is 13.2 Å². The van der Waals surface area contributed by atoms with Crippen LogP contribution in [-0.4, -0.2) is 6.29 Å². The molecular weight excluding hydrogens is 241 g/mol. The monoisotopic (exact) mass is 250 g/mol. The van der Waals surface area contributed by atoms with Crippen molar-refractivity contribution in [2.45, 2.75) is 6.92 Å². The van der Waals surface area contributed by atoms with E-state index in [9.17, 15) is 18.0 Å². The van der Waals surface area contributed by atoms with E-state index in [4.69, 9.17) is 0 Å². The molecule has 0 heterocycles. The molecule has 0 spiro atoms. The maximum Gasteiger partial charge on any atom is 0.150 e. The fourth-order valence-electron chi connectivity index (χ4n) is 1.74. The molecule has 0 fully saturated rings. The normalized spacial score (nSPS) is 10.4. The van der Waals surface area contributed by atoms with Gasteiger partial charge in [-0.15, -0.1) is 0 Å². The highest BCUT2D eigenvalue weighted by Gasteiger charge is 2.13. The van der Waals surface area contributed by atoms with Crippen LogP contribution in [0.25, 0.3) is 11.1 Å². The molecule has 0 N–H and O–H groups in total. The molecule has 4 heteroatoms. The second-order valence-electron chi connectivity index (χ2n) is 3.93. The van der Waals surface area contributed by atoms with Gasteiger partial charge in [0.1, 0.15) is 17.5 Å². The first-order valence-electron chi connectivity index (χ1n) is 5.23. The smallest absolute Gasteiger partial charge is 0.150 e. The van der Waals surface area contributed by atoms with Crippen molar-refractivity contribution in [2.24, 2.45) is 0 Å². The van der Waals surface area contributed by atoms with Gasteiger partial charge in [-0.3, -0.25) is 4.79 Å². The maximum atomic E-state index is 13.7. The Labute approximate surface area is 102 Å². The minimum atomic E-state index is -0.784. The summed E-state index contributed by atoms with van der Waals surface area (Å²) in [6.45, 7) is 1.49. The topological polar surface area (TPSA) is 17.1 Å². The number of halogens is 3. The highest BCUT2D eigenvalue weighted by Crippen LogP contribution is 2.28. The predicted molar refractivity (Wildman–Crippen MR) is 61.9 cm³/mol. The molecule has 0 unspecified atom stereocenters. The number of carbonyl (C=O) groups is 1. The molecule has 0 radical (unpaired) electrons. The van der Waals surface area contributed by atoms with Crippen molar-refractivity contribution >= 4 is 6.29 Å². The molecule has 0 aliphatic carbocycles. The van der Waals surface area contributed by atoms with Crippen LogP contribution in [0, 0.1) is 24.4 Å². The molecule has 2 aromatic carbocycles. The molecule has 0 aliphatic rings. The standard InChI is InChI=1S/C14H9F3O/c1-8-4-12(14(17)6-13(8)16)11-3-2-10(15)5-9(11)7-18/h2-7H,1H3. The van der Waals surface area contributed by atoms with E-state index in [2.05, 4.69) is 0 Å². The quantitative estimate of drug-likeness (QED) is 0.739. The Kier molecular flexibility index (Phi) is 3.19. The van der Waals surface area contributed by atoms with E-state index in [1.165, 1.54) is 19.1 Å². The first kappa shape index (κ1) is 12.4. The Morgan fingerprint density at radius 1 is 0.944 bits per heavy atom. The van der Waals surface area contributed by atoms with Crippen LogP contribution >= 0.6 is 0 Å². The Hall–Kier alpha value is -2.10. The second kappa shape index (κ2) is 4.64. The van der Waals surface area contributed by atoms with Gasteiger partial charge in [-0.1, -0.05) is 6.07 Å². The molecule has 0 aromatic heterocycles. The number of aldehydes is 1. The average molecular weight is 250 g/mol. The van der Waals surface area contributed by atoms with Crippen LogP contribution in [0.2, 0.25) is 0 Å². The van der Waals surface area contributed by atoms with E-state index in [1.54, 1.807) is 0 Å². The van der Waals surface area contributed by atoms with Gasteiger partial charge in [-0.2, -0.15) is 0 Å². The second-order valence-corrected chi connectivity index (χ2v) is 3.93. The van der Waals surface area contributed by atoms with Gasteiger partial charge in [0.2, 0.25) is 0 Å². The van der Waals surface area contributed by atoms with Crippen molar-refractivity contribution in [3.63, 3.8) is 0 Å². The van der Waals surface area contributed by atoms with Gasteiger partial charge in [0.25, 0.3) is 0 Å². The third-order valence-electron chi connectivity index (χ3n) is 2.68. The molecule has 0 saturated heterocycles. The molecular formula is C14H9F3O. The zero-order valence-electron chi connectivity index (χ0n) is 9.51. The maximum absolute atomic E-state index is 13.7. The zero-order chi connectivity index (χ0) is 13.3. The first-order valence-corrected chi connectivity index (χ1v) is 5.23. The summed E-state index contributed by atoms with van der Waals surface area (Å²) in [6.07, 6.45) is 0.441. The number of aryl methyl sites for hydroxylation is 1. The zero-order valence-corrected chi connectivity index (χ0v) is 9.51. The average Bonchev–Trinajstić information content (AvgIpc) is 2.34.